The third kappa shape index (κ3) is 5.86. The van der Waals surface area contributed by atoms with Crippen LogP contribution in [0.15, 0.2) is 48.5 Å². The monoisotopic (exact) mass is 470 g/mol. The lowest BCUT2D eigenvalue weighted by molar-refractivity contribution is -0.121. The van der Waals surface area contributed by atoms with Crippen LogP contribution in [0.25, 0.3) is 0 Å². The quantitative estimate of drug-likeness (QED) is 0.480. The number of hydrogen-bond donors (Lipinski definition) is 2. The van der Waals surface area contributed by atoms with Gasteiger partial charge in [-0.15, -0.1) is 0 Å². The van der Waals surface area contributed by atoms with Crippen LogP contribution in [0.1, 0.15) is 38.2 Å². The molecule has 0 radical (unpaired) electrons. The van der Waals surface area contributed by atoms with Gasteiger partial charge in [-0.1, -0.05) is 41.7 Å². The molecule has 0 aliphatic heterocycles. The Hall–Kier alpha value is -3.92. The molecular formula is C23H22N2O7S. The normalized spacial score (nSPS) is 10.5. The van der Waals surface area contributed by atoms with E-state index in [-0.39, 0.29) is 34.5 Å². The molecule has 172 valence electrons. The number of amides is 1. The number of hydrogen-bond acceptors (Lipinski definition) is 9. The molecule has 2 N–H and O–H groups in total. The van der Waals surface area contributed by atoms with Crippen LogP contribution in [0.4, 0.5) is 5.13 Å². The highest BCUT2D eigenvalue weighted by atomic mass is 32.1. The Morgan fingerprint density at radius 3 is 2.42 bits per heavy atom. The number of anilines is 1. The molecule has 0 spiro atoms. The number of phenols is 2. The van der Waals surface area contributed by atoms with Gasteiger partial charge in [0.05, 0.1) is 18.8 Å². The predicted octanol–water partition coefficient (Wildman–Crippen LogP) is 3.43. The highest BCUT2D eigenvalue weighted by Gasteiger charge is 2.25. The summed E-state index contributed by atoms with van der Waals surface area (Å²) in [6.07, 6.45) is 0. The van der Waals surface area contributed by atoms with E-state index in [1.807, 2.05) is 30.3 Å². The molecule has 1 heterocycles. The summed E-state index contributed by atoms with van der Waals surface area (Å²) in [7, 11) is 0. The number of aromatic nitrogens is 1. The van der Waals surface area contributed by atoms with Crippen LogP contribution in [-0.4, -0.2) is 46.3 Å². The number of benzene rings is 2. The van der Waals surface area contributed by atoms with Crippen molar-refractivity contribution in [1.29, 1.82) is 0 Å². The Morgan fingerprint density at radius 1 is 1.03 bits per heavy atom. The van der Waals surface area contributed by atoms with E-state index < -0.39 is 30.2 Å². The highest BCUT2D eigenvalue weighted by molar-refractivity contribution is 7.17. The molecule has 0 unspecified atom stereocenters. The Labute approximate surface area is 193 Å². The fraction of sp³-hybridized carbons (Fsp3) is 0.217. The standard InChI is InChI=1S/C23H22N2O7S/c1-3-31-22(30)20-14(2)24-23(33-20)25(12-15-7-5-4-6-8-15)19(28)13-32-21(29)17-10-9-16(26)11-18(17)27/h4-11,26-27H,3,12-13H2,1-2H3. The van der Waals surface area contributed by atoms with Crippen molar-refractivity contribution in [2.75, 3.05) is 18.1 Å². The molecule has 33 heavy (non-hydrogen) atoms. The molecule has 9 nitrogen and oxygen atoms in total. The van der Waals surface area contributed by atoms with Crippen molar-refractivity contribution in [3.8, 4) is 11.5 Å². The summed E-state index contributed by atoms with van der Waals surface area (Å²) in [6.45, 7) is 3.06. The van der Waals surface area contributed by atoms with Crippen LogP contribution in [0.2, 0.25) is 0 Å². The largest absolute Gasteiger partial charge is 0.508 e. The second-order valence-corrected chi connectivity index (χ2v) is 7.85. The van der Waals surface area contributed by atoms with E-state index in [2.05, 4.69) is 4.98 Å². The van der Waals surface area contributed by atoms with Gasteiger partial charge < -0.3 is 19.7 Å². The van der Waals surface area contributed by atoms with E-state index >= 15 is 0 Å². The minimum atomic E-state index is -0.928. The Morgan fingerprint density at radius 2 is 1.76 bits per heavy atom. The summed E-state index contributed by atoms with van der Waals surface area (Å²) in [5, 5.41) is 19.4. The first-order chi connectivity index (χ1) is 15.8. The average molecular weight is 471 g/mol. The number of carbonyl (C=O) groups is 3. The van der Waals surface area contributed by atoms with Crippen molar-refractivity contribution in [3.63, 3.8) is 0 Å². The molecule has 0 fully saturated rings. The molecule has 1 amide bonds. The third-order valence-electron chi connectivity index (χ3n) is 4.49. The number of carbonyl (C=O) groups excluding carboxylic acids is 3. The van der Waals surface area contributed by atoms with Gasteiger partial charge in [0.2, 0.25) is 0 Å². The first kappa shape index (κ1) is 23.7. The number of phenolic OH excluding ortho intramolecular Hbond substituents is 2. The minimum Gasteiger partial charge on any atom is -0.508 e. The number of nitrogens with zero attached hydrogens (tertiary/aromatic N) is 2. The average Bonchev–Trinajstić information content (AvgIpc) is 3.18. The lowest BCUT2D eigenvalue weighted by Crippen LogP contribution is -2.34. The molecule has 0 bridgehead atoms. The van der Waals surface area contributed by atoms with Gasteiger partial charge in [0.1, 0.15) is 21.9 Å². The van der Waals surface area contributed by atoms with Gasteiger partial charge in [-0.05, 0) is 31.5 Å². The summed E-state index contributed by atoms with van der Waals surface area (Å²) in [5.74, 6) is -2.72. The molecule has 0 atom stereocenters. The summed E-state index contributed by atoms with van der Waals surface area (Å²) < 4.78 is 10.1. The van der Waals surface area contributed by atoms with Gasteiger partial charge in [-0.25, -0.2) is 14.6 Å². The van der Waals surface area contributed by atoms with Crippen LogP contribution in [0, 0.1) is 6.92 Å². The van der Waals surface area contributed by atoms with Crippen molar-refractivity contribution in [2.45, 2.75) is 20.4 Å². The Balaban J connectivity index is 1.82. The van der Waals surface area contributed by atoms with Crippen molar-refractivity contribution in [1.82, 2.24) is 4.98 Å². The number of thiazole rings is 1. The van der Waals surface area contributed by atoms with Crippen molar-refractivity contribution in [2.24, 2.45) is 0 Å². The molecule has 3 aromatic rings. The maximum atomic E-state index is 13.0. The first-order valence-corrected chi connectivity index (χ1v) is 10.8. The smallest absolute Gasteiger partial charge is 0.350 e. The van der Waals surface area contributed by atoms with Crippen LogP contribution < -0.4 is 4.90 Å². The van der Waals surface area contributed by atoms with Gasteiger partial charge in [-0.3, -0.25) is 9.69 Å². The Bertz CT molecular complexity index is 1160. The number of rotatable bonds is 8. The topological polar surface area (TPSA) is 126 Å². The zero-order valence-electron chi connectivity index (χ0n) is 18.0. The van der Waals surface area contributed by atoms with Crippen molar-refractivity contribution in [3.05, 3.63) is 70.2 Å². The molecule has 2 aromatic carbocycles. The lowest BCUT2D eigenvalue weighted by atomic mass is 10.2. The van der Waals surface area contributed by atoms with E-state index in [4.69, 9.17) is 9.47 Å². The first-order valence-electron chi connectivity index (χ1n) is 9.98. The molecule has 0 aliphatic rings. The summed E-state index contributed by atoms with van der Waals surface area (Å²) in [4.78, 5) is 43.5. The van der Waals surface area contributed by atoms with Gasteiger partial charge in [0, 0.05) is 6.07 Å². The van der Waals surface area contributed by atoms with Crippen LogP contribution >= 0.6 is 11.3 Å². The summed E-state index contributed by atoms with van der Waals surface area (Å²) >= 11 is 1.01. The maximum Gasteiger partial charge on any atom is 0.350 e. The molecular weight excluding hydrogens is 448 g/mol. The molecule has 0 saturated heterocycles. The van der Waals surface area contributed by atoms with Gasteiger partial charge in [-0.2, -0.15) is 0 Å². The number of aromatic hydroxyl groups is 2. The van der Waals surface area contributed by atoms with Crippen molar-refractivity contribution < 1.29 is 34.1 Å². The van der Waals surface area contributed by atoms with E-state index in [0.717, 1.165) is 23.0 Å². The van der Waals surface area contributed by atoms with Crippen molar-refractivity contribution >= 4 is 34.3 Å². The van der Waals surface area contributed by atoms with E-state index in [9.17, 15) is 24.6 Å². The second-order valence-electron chi connectivity index (χ2n) is 6.87. The van der Waals surface area contributed by atoms with Crippen LogP contribution in [-0.2, 0) is 20.8 Å². The van der Waals surface area contributed by atoms with Gasteiger partial charge in [0.25, 0.3) is 5.91 Å². The second kappa shape index (κ2) is 10.6. The fourth-order valence-electron chi connectivity index (χ4n) is 2.89. The minimum absolute atomic E-state index is 0.136. The highest BCUT2D eigenvalue weighted by Crippen LogP contribution is 2.29. The number of ether oxygens (including phenoxy) is 2. The maximum absolute atomic E-state index is 13.0. The van der Waals surface area contributed by atoms with Gasteiger partial charge in [0.15, 0.2) is 11.7 Å². The van der Waals surface area contributed by atoms with E-state index in [1.165, 1.54) is 17.0 Å². The van der Waals surface area contributed by atoms with E-state index in [0.29, 0.717) is 5.69 Å². The molecule has 1 aromatic heterocycles. The van der Waals surface area contributed by atoms with Crippen LogP contribution in [0.5, 0.6) is 11.5 Å². The van der Waals surface area contributed by atoms with E-state index in [1.54, 1.807) is 13.8 Å². The fourth-order valence-corrected chi connectivity index (χ4v) is 3.87. The van der Waals surface area contributed by atoms with Gasteiger partial charge >= 0.3 is 11.9 Å². The summed E-state index contributed by atoms with van der Waals surface area (Å²) in [5.41, 5.74) is 1.04. The zero-order valence-corrected chi connectivity index (χ0v) is 18.8. The lowest BCUT2D eigenvalue weighted by Gasteiger charge is -2.20. The molecule has 3 rings (SSSR count). The third-order valence-corrected chi connectivity index (χ3v) is 5.65. The number of aryl methyl sites for hydroxylation is 1. The molecule has 0 saturated carbocycles. The SMILES string of the molecule is CCOC(=O)c1sc(N(Cc2ccccc2)C(=O)COC(=O)c2ccc(O)cc2O)nc1C. The van der Waals surface area contributed by atoms with Crippen LogP contribution in [0.3, 0.4) is 0 Å². The zero-order chi connectivity index (χ0) is 24.0. The summed E-state index contributed by atoms with van der Waals surface area (Å²) in [6, 6.07) is 12.5. The molecule has 0 aliphatic carbocycles. The predicted molar refractivity (Wildman–Crippen MR) is 120 cm³/mol. The number of esters is 2. The Kier molecular flexibility index (Phi) is 7.62. The molecule has 10 heteroatoms.